The van der Waals surface area contributed by atoms with Crippen LogP contribution in [0.5, 0.6) is 0 Å². The van der Waals surface area contributed by atoms with Gasteiger partial charge >= 0.3 is 0 Å². The molecule has 2 N–H and O–H groups in total. The SMILES string of the molecule is Cc1cccc(N2CC[NH+](C[C@H](O)CN3C(=O)CCC3=O)CC2)c1. The topological polar surface area (TPSA) is 65.3 Å². The maximum atomic E-state index is 11.6. The van der Waals surface area contributed by atoms with Crippen LogP contribution in [0.3, 0.4) is 0 Å². The quantitative estimate of drug-likeness (QED) is 0.694. The number of amides is 2. The van der Waals surface area contributed by atoms with E-state index in [2.05, 4.69) is 36.1 Å². The van der Waals surface area contributed by atoms with Gasteiger partial charge in [-0.1, -0.05) is 12.1 Å². The highest BCUT2D eigenvalue weighted by Crippen LogP contribution is 2.15. The number of anilines is 1. The third kappa shape index (κ3) is 3.94. The van der Waals surface area contributed by atoms with Crippen LogP contribution in [-0.2, 0) is 9.59 Å². The van der Waals surface area contributed by atoms with Crippen molar-refractivity contribution in [3.63, 3.8) is 0 Å². The number of aliphatic hydroxyl groups is 1. The molecule has 6 nitrogen and oxygen atoms in total. The summed E-state index contributed by atoms with van der Waals surface area (Å²) in [5.74, 6) is -0.309. The molecule has 2 amide bonds. The third-order valence-electron chi connectivity index (χ3n) is 4.91. The first-order valence-corrected chi connectivity index (χ1v) is 8.69. The van der Waals surface area contributed by atoms with Crippen LogP contribution in [0.15, 0.2) is 24.3 Å². The van der Waals surface area contributed by atoms with Crippen molar-refractivity contribution in [2.24, 2.45) is 0 Å². The molecule has 3 rings (SSSR count). The Morgan fingerprint density at radius 2 is 1.83 bits per heavy atom. The van der Waals surface area contributed by atoms with Crippen LogP contribution in [0.2, 0.25) is 0 Å². The average Bonchev–Trinajstić information content (AvgIpc) is 2.87. The summed E-state index contributed by atoms with van der Waals surface area (Å²) in [7, 11) is 0. The van der Waals surface area contributed by atoms with Crippen LogP contribution in [0.25, 0.3) is 0 Å². The summed E-state index contributed by atoms with van der Waals surface area (Å²) < 4.78 is 0. The van der Waals surface area contributed by atoms with E-state index in [1.54, 1.807) is 0 Å². The van der Waals surface area contributed by atoms with Crippen molar-refractivity contribution in [1.29, 1.82) is 0 Å². The van der Waals surface area contributed by atoms with E-state index in [0.717, 1.165) is 26.2 Å². The number of benzene rings is 1. The lowest BCUT2D eigenvalue weighted by molar-refractivity contribution is -0.903. The van der Waals surface area contributed by atoms with Crippen molar-refractivity contribution in [2.45, 2.75) is 25.9 Å². The van der Waals surface area contributed by atoms with Crippen molar-refractivity contribution in [3.8, 4) is 0 Å². The lowest BCUT2D eigenvalue weighted by atomic mass is 10.2. The molecule has 0 aliphatic carbocycles. The van der Waals surface area contributed by atoms with Crippen LogP contribution < -0.4 is 9.80 Å². The van der Waals surface area contributed by atoms with Gasteiger partial charge in [-0.15, -0.1) is 0 Å². The summed E-state index contributed by atoms with van der Waals surface area (Å²) in [6, 6.07) is 8.52. The first-order chi connectivity index (χ1) is 11.5. The number of hydrogen-bond acceptors (Lipinski definition) is 4. The van der Waals surface area contributed by atoms with E-state index in [1.807, 2.05) is 0 Å². The van der Waals surface area contributed by atoms with E-state index in [4.69, 9.17) is 0 Å². The molecule has 1 aromatic rings. The number of nitrogens with one attached hydrogen (secondary N) is 1. The predicted molar refractivity (Wildman–Crippen MR) is 90.9 cm³/mol. The summed E-state index contributed by atoms with van der Waals surface area (Å²) in [6.07, 6.45) is -0.0715. The van der Waals surface area contributed by atoms with E-state index >= 15 is 0 Å². The molecular weight excluding hydrogens is 306 g/mol. The Labute approximate surface area is 142 Å². The van der Waals surface area contributed by atoms with Gasteiger partial charge in [-0.25, -0.2) is 0 Å². The molecule has 6 heteroatoms. The van der Waals surface area contributed by atoms with Gasteiger partial charge in [-0.05, 0) is 24.6 Å². The monoisotopic (exact) mass is 332 g/mol. The number of rotatable bonds is 5. The summed E-state index contributed by atoms with van der Waals surface area (Å²) in [5.41, 5.74) is 2.51. The van der Waals surface area contributed by atoms with E-state index in [9.17, 15) is 14.7 Å². The second-order valence-electron chi connectivity index (χ2n) is 6.83. The highest BCUT2D eigenvalue weighted by atomic mass is 16.3. The minimum absolute atomic E-state index is 0.142. The molecule has 2 saturated heterocycles. The first-order valence-electron chi connectivity index (χ1n) is 8.69. The lowest BCUT2D eigenvalue weighted by Crippen LogP contribution is -3.16. The number of carbonyl (C=O) groups is 2. The Balaban J connectivity index is 1.46. The van der Waals surface area contributed by atoms with Crippen molar-refractivity contribution in [1.82, 2.24) is 4.90 Å². The van der Waals surface area contributed by atoms with Crippen LogP contribution >= 0.6 is 0 Å². The zero-order valence-corrected chi connectivity index (χ0v) is 14.2. The van der Waals surface area contributed by atoms with E-state index in [1.165, 1.54) is 21.1 Å². The highest BCUT2D eigenvalue weighted by Gasteiger charge is 2.32. The standard InChI is InChI=1S/C18H25N3O3/c1-14-3-2-4-15(11-14)20-9-7-19(8-10-20)12-16(22)13-21-17(23)5-6-18(21)24/h2-4,11,16,22H,5-10,12-13H2,1H3/p+1/t16-/m0/s1. The number of hydrogen-bond donors (Lipinski definition) is 2. The van der Waals surface area contributed by atoms with Gasteiger partial charge in [0.15, 0.2) is 0 Å². The maximum Gasteiger partial charge on any atom is 0.229 e. The van der Waals surface area contributed by atoms with Crippen molar-refractivity contribution in [3.05, 3.63) is 29.8 Å². The van der Waals surface area contributed by atoms with Crippen molar-refractivity contribution in [2.75, 3.05) is 44.2 Å². The number of nitrogens with zero attached hydrogens (tertiary/aromatic N) is 2. The molecular formula is C18H26N3O3+. The predicted octanol–water partition coefficient (Wildman–Crippen LogP) is -0.790. The summed E-state index contributed by atoms with van der Waals surface area (Å²) >= 11 is 0. The Morgan fingerprint density at radius 1 is 1.17 bits per heavy atom. The molecule has 2 heterocycles. The highest BCUT2D eigenvalue weighted by molar-refractivity contribution is 6.01. The maximum absolute atomic E-state index is 11.6. The molecule has 2 aliphatic rings. The van der Waals surface area contributed by atoms with Crippen LogP contribution in [0, 0.1) is 6.92 Å². The fourth-order valence-electron chi connectivity index (χ4n) is 3.54. The largest absolute Gasteiger partial charge is 0.385 e. The number of imide groups is 1. The van der Waals surface area contributed by atoms with Gasteiger partial charge in [0, 0.05) is 18.5 Å². The number of aryl methyl sites for hydroxylation is 1. The number of carbonyl (C=O) groups excluding carboxylic acids is 2. The van der Waals surface area contributed by atoms with Gasteiger partial charge in [0.05, 0.1) is 32.7 Å². The number of quaternary nitrogens is 1. The van der Waals surface area contributed by atoms with Crippen LogP contribution in [0.1, 0.15) is 18.4 Å². The molecule has 24 heavy (non-hydrogen) atoms. The summed E-state index contributed by atoms with van der Waals surface area (Å²) in [4.78, 5) is 28.2. The van der Waals surface area contributed by atoms with Crippen LogP contribution in [-0.4, -0.2) is 67.2 Å². The van der Waals surface area contributed by atoms with Gasteiger partial charge in [-0.3, -0.25) is 14.5 Å². The second-order valence-corrected chi connectivity index (χ2v) is 6.83. The molecule has 0 bridgehead atoms. The van der Waals surface area contributed by atoms with E-state index in [-0.39, 0.29) is 31.2 Å². The van der Waals surface area contributed by atoms with Crippen LogP contribution in [0.4, 0.5) is 5.69 Å². The second kappa shape index (κ2) is 7.32. The smallest absolute Gasteiger partial charge is 0.229 e. The minimum atomic E-state index is -0.642. The Morgan fingerprint density at radius 3 is 2.46 bits per heavy atom. The molecule has 2 aliphatic heterocycles. The van der Waals surface area contributed by atoms with Gasteiger partial charge in [0.25, 0.3) is 0 Å². The lowest BCUT2D eigenvalue weighted by Gasteiger charge is -2.34. The van der Waals surface area contributed by atoms with Gasteiger partial charge < -0.3 is 14.9 Å². The number of likely N-dealkylation sites (tertiary alicyclic amines) is 1. The zero-order valence-electron chi connectivity index (χ0n) is 14.2. The minimum Gasteiger partial charge on any atom is -0.385 e. The van der Waals surface area contributed by atoms with E-state index < -0.39 is 6.10 Å². The van der Waals surface area contributed by atoms with Gasteiger partial charge in [-0.2, -0.15) is 0 Å². The Hall–Kier alpha value is -1.92. The zero-order chi connectivity index (χ0) is 17.1. The summed E-state index contributed by atoms with van der Waals surface area (Å²) in [6.45, 7) is 6.63. The number of piperazine rings is 1. The molecule has 1 aromatic carbocycles. The molecule has 2 fully saturated rings. The molecule has 0 aromatic heterocycles. The number of β-amino-alcohol motifs (C(OH)–C–C–N with tert-alkyl or cyclic N) is 1. The molecule has 0 unspecified atom stereocenters. The summed E-state index contributed by atoms with van der Waals surface area (Å²) in [5, 5.41) is 10.2. The van der Waals surface area contributed by atoms with Gasteiger partial charge in [0.2, 0.25) is 11.8 Å². The molecule has 0 radical (unpaired) electrons. The first kappa shape index (κ1) is 16.9. The van der Waals surface area contributed by atoms with Gasteiger partial charge in [0.1, 0.15) is 12.6 Å². The number of aliphatic hydroxyl groups excluding tert-OH is 1. The molecule has 1 atom stereocenters. The van der Waals surface area contributed by atoms with Crippen molar-refractivity contribution >= 4 is 17.5 Å². The fraction of sp³-hybridized carbons (Fsp3) is 0.556. The fourth-order valence-corrected chi connectivity index (χ4v) is 3.54. The van der Waals surface area contributed by atoms with E-state index in [0.29, 0.717) is 6.54 Å². The van der Waals surface area contributed by atoms with Crippen molar-refractivity contribution < 1.29 is 19.6 Å². The Kier molecular flexibility index (Phi) is 5.16. The average molecular weight is 332 g/mol. The Bertz CT molecular complexity index is 595. The molecule has 0 saturated carbocycles. The molecule has 0 spiro atoms. The normalized spacial score (nSPS) is 20.8. The third-order valence-corrected chi connectivity index (χ3v) is 4.91. The molecule has 130 valence electrons.